The van der Waals surface area contributed by atoms with Crippen LogP contribution in [0.3, 0.4) is 0 Å². The van der Waals surface area contributed by atoms with E-state index in [0.717, 1.165) is 18.9 Å². The number of rotatable bonds is 10. The second kappa shape index (κ2) is 10.8. The number of nitrogens with zero attached hydrogens (tertiary/aromatic N) is 1. The number of esters is 1. The third-order valence-electron chi connectivity index (χ3n) is 4.89. The van der Waals surface area contributed by atoms with Gasteiger partial charge in [0.25, 0.3) is 0 Å². The van der Waals surface area contributed by atoms with Crippen LogP contribution in [0, 0.1) is 5.92 Å². The first-order valence-electron chi connectivity index (χ1n) is 9.40. The van der Waals surface area contributed by atoms with Gasteiger partial charge in [-0.05, 0) is 37.1 Å². The number of ether oxygens (including phenoxy) is 2. The molecule has 0 bridgehead atoms. The highest BCUT2D eigenvalue weighted by Gasteiger charge is 2.16. The molecular weight excluding hydrogens is 332 g/mol. The molecule has 1 aliphatic rings. The van der Waals surface area contributed by atoms with E-state index >= 15 is 0 Å². The Morgan fingerprint density at radius 1 is 1.19 bits per heavy atom. The fourth-order valence-corrected chi connectivity index (χ4v) is 3.45. The normalized spacial score (nSPS) is 15.0. The highest BCUT2D eigenvalue weighted by Crippen LogP contribution is 2.26. The maximum absolute atomic E-state index is 11.6. The smallest absolute Gasteiger partial charge is 0.337 e. The number of hydrogen-bond acceptors (Lipinski definition) is 5. The minimum atomic E-state index is -0.390. The molecule has 0 unspecified atom stereocenters. The SMILES string of the molecule is COC(=O)c1cccc(OCCN(CCC2CCCCC2)CC(N)=O)c1. The summed E-state index contributed by atoms with van der Waals surface area (Å²) in [5, 5.41) is 0. The van der Waals surface area contributed by atoms with Crippen molar-refractivity contribution >= 4 is 11.9 Å². The van der Waals surface area contributed by atoms with Crippen molar-refractivity contribution in [3.05, 3.63) is 29.8 Å². The van der Waals surface area contributed by atoms with E-state index < -0.39 is 5.97 Å². The molecular formula is C20H30N2O4. The van der Waals surface area contributed by atoms with Gasteiger partial charge in [-0.25, -0.2) is 4.79 Å². The maximum atomic E-state index is 11.6. The summed E-state index contributed by atoms with van der Waals surface area (Å²) < 4.78 is 10.5. The molecule has 0 atom stereocenters. The lowest BCUT2D eigenvalue weighted by Crippen LogP contribution is -2.37. The molecule has 0 aliphatic heterocycles. The molecule has 1 aliphatic carbocycles. The highest BCUT2D eigenvalue weighted by atomic mass is 16.5. The lowest BCUT2D eigenvalue weighted by atomic mass is 9.87. The van der Waals surface area contributed by atoms with E-state index in [2.05, 4.69) is 4.90 Å². The van der Waals surface area contributed by atoms with Gasteiger partial charge in [0.1, 0.15) is 12.4 Å². The van der Waals surface area contributed by atoms with Crippen LogP contribution < -0.4 is 10.5 Å². The third-order valence-corrected chi connectivity index (χ3v) is 4.89. The van der Waals surface area contributed by atoms with Crippen LogP contribution >= 0.6 is 0 Å². The van der Waals surface area contributed by atoms with Crippen LogP contribution in [0.2, 0.25) is 0 Å². The molecule has 6 nitrogen and oxygen atoms in total. The monoisotopic (exact) mass is 362 g/mol. The van der Waals surface area contributed by atoms with Crippen LogP contribution in [-0.2, 0) is 9.53 Å². The Bertz CT molecular complexity index is 585. The number of benzene rings is 1. The number of carbonyl (C=O) groups is 2. The first-order chi connectivity index (χ1) is 12.6. The summed E-state index contributed by atoms with van der Waals surface area (Å²) in [5.41, 5.74) is 5.84. The van der Waals surface area contributed by atoms with Gasteiger partial charge in [-0.2, -0.15) is 0 Å². The van der Waals surface area contributed by atoms with E-state index in [1.165, 1.54) is 39.2 Å². The lowest BCUT2D eigenvalue weighted by molar-refractivity contribution is -0.119. The summed E-state index contributed by atoms with van der Waals surface area (Å²) in [7, 11) is 1.35. The minimum Gasteiger partial charge on any atom is -0.492 e. The molecule has 6 heteroatoms. The van der Waals surface area contributed by atoms with E-state index in [4.69, 9.17) is 15.2 Å². The molecule has 0 radical (unpaired) electrons. The molecule has 1 saturated carbocycles. The van der Waals surface area contributed by atoms with Gasteiger partial charge in [-0.1, -0.05) is 38.2 Å². The van der Waals surface area contributed by atoms with E-state index in [9.17, 15) is 9.59 Å². The predicted octanol–water partition coefficient (Wildman–Crippen LogP) is 2.61. The molecule has 1 fully saturated rings. The molecule has 26 heavy (non-hydrogen) atoms. The van der Waals surface area contributed by atoms with Crippen molar-refractivity contribution in [2.75, 3.05) is 33.4 Å². The van der Waals surface area contributed by atoms with Crippen LogP contribution in [0.5, 0.6) is 5.75 Å². The fourth-order valence-electron chi connectivity index (χ4n) is 3.45. The van der Waals surface area contributed by atoms with Crippen molar-refractivity contribution < 1.29 is 19.1 Å². The molecule has 0 aromatic heterocycles. The van der Waals surface area contributed by atoms with Crippen molar-refractivity contribution in [1.82, 2.24) is 4.90 Å². The highest BCUT2D eigenvalue weighted by molar-refractivity contribution is 5.89. The van der Waals surface area contributed by atoms with Crippen molar-refractivity contribution in [3.63, 3.8) is 0 Å². The van der Waals surface area contributed by atoms with Gasteiger partial charge in [-0.3, -0.25) is 9.69 Å². The zero-order valence-corrected chi connectivity index (χ0v) is 15.6. The summed E-state index contributed by atoms with van der Waals surface area (Å²) in [6.45, 7) is 2.16. The Morgan fingerprint density at radius 2 is 1.96 bits per heavy atom. The summed E-state index contributed by atoms with van der Waals surface area (Å²) >= 11 is 0. The zero-order valence-electron chi connectivity index (χ0n) is 15.6. The fraction of sp³-hybridized carbons (Fsp3) is 0.600. The van der Waals surface area contributed by atoms with Gasteiger partial charge < -0.3 is 15.2 Å². The number of carbonyl (C=O) groups excluding carboxylic acids is 2. The first kappa shape index (κ1) is 20.2. The van der Waals surface area contributed by atoms with Crippen LogP contribution in [0.1, 0.15) is 48.9 Å². The third kappa shape index (κ3) is 7.04. The molecule has 0 heterocycles. The molecule has 1 amide bonds. The molecule has 0 spiro atoms. The van der Waals surface area contributed by atoms with Crippen LogP contribution in [0.15, 0.2) is 24.3 Å². The summed E-state index contributed by atoms with van der Waals surface area (Å²) in [5.74, 6) is 0.663. The predicted molar refractivity (Wildman–Crippen MR) is 100 cm³/mol. The van der Waals surface area contributed by atoms with Crippen molar-refractivity contribution in [2.45, 2.75) is 38.5 Å². The second-order valence-corrected chi connectivity index (χ2v) is 6.90. The molecule has 2 rings (SSSR count). The molecule has 144 valence electrons. The largest absolute Gasteiger partial charge is 0.492 e. The molecule has 0 saturated heterocycles. The van der Waals surface area contributed by atoms with Crippen molar-refractivity contribution in [1.29, 1.82) is 0 Å². The van der Waals surface area contributed by atoms with Gasteiger partial charge in [0.2, 0.25) is 5.91 Å². The summed E-state index contributed by atoms with van der Waals surface area (Å²) in [6.07, 6.45) is 7.67. The van der Waals surface area contributed by atoms with Gasteiger partial charge in [0.05, 0.1) is 19.2 Å². The summed E-state index contributed by atoms with van der Waals surface area (Å²) in [4.78, 5) is 25.0. The minimum absolute atomic E-state index is 0.248. The number of hydrogen-bond donors (Lipinski definition) is 1. The molecule has 1 aromatic carbocycles. The zero-order chi connectivity index (χ0) is 18.8. The topological polar surface area (TPSA) is 81.9 Å². The number of nitrogens with two attached hydrogens (primary N) is 1. The van der Waals surface area contributed by atoms with Gasteiger partial charge in [0, 0.05) is 6.54 Å². The average Bonchev–Trinajstić information content (AvgIpc) is 2.66. The average molecular weight is 362 g/mol. The lowest BCUT2D eigenvalue weighted by Gasteiger charge is -2.26. The Morgan fingerprint density at radius 3 is 2.65 bits per heavy atom. The van der Waals surface area contributed by atoms with Gasteiger partial charge in [-0.15, -0.1) is 0 Å². The van der Waals surface area contributed by atoms with E-state index in [1.54, 1.807) is 24.3 Å². The second-order valence-electron chi connectivity index (χ2n) is 6.90. The van der Waals surface area contributed by atoms with Gasteiger partial charge >= 0.3 is 5.97 Å². The summed E-state index contributed by atoms with van der Waals surface area (Å²) in [6, 6.07) is 6.90. The Kier molecular flexibility index (Phi) is 8.41. The van der Waals surface area contributed by atoms with Gasteiger partial charge in [0.15, 0.2) is 0 Å². The van der Waals surface area contributed by atoms with E-state index in [1.807, 2.05) is 0 Å². The van der Waals surface area contributed by atoms with Crippen molar-refractivity contribution in [3.8, 4) is 5.75 Å². The number of amides is 1. The number of methoxy groups -OCH3 is 1. The van der Waals surface area contributed by atoms with Crippen LogP contribution in [-0.4, -0.2) is 50.1 Å². The Labute approximate surface area is 155 Å². The standard InChI is InChI=1S/C20H30N2O4/c1-25-20(24)17-8-5-9-18(14-17)26-13-12-22(15-19(21)23)11-10-16-6-3-2-4-7-16/h5,8-9,14,16H,2-4,6-7,10-13,15H2,1H3,(H2,21,23). The number of primary amides is 1. The van der Waals surface area contributed by atoms with E-state index in [-0.39, 0.29) is 12.5 Å². The van der Waals surface area contributed by atoms with Crippen molar-refractivity contribution in [2.24, 2.45) is 11.7 Å². The first-order valence-corrected chi connectivity index (χ1v) is 9.40. The van der Waals surface area contributed by atoms with Crippen LogP contribution in [0.4, 0.5) is 0 Å². The maximum Gasteiger partial charge on any atom is 0.337 e. The quantitative estimate of drug-likeness (QED) is 0.647. The Hall–Kier alpha value is -2.08. The molecule has 2 N–H and O–H groups in total. The molecule has 1 aromatic rings. The van der Waals surface area contributed by atoms with E-state index in [0.29, 0.717) is 24.5 Å². The van der Waals surface area contributed by atoms with Crippen LogP contribution in [0.25, 0.3) is 0 Å². The Balaban J connectivity index is 1.80.